The van der Waals surface area contributed by atoms with Gasteiger partial charge in [0.25, 0.3) is 5.89 Å². The molecule has 3 aromatic rings. The van der Waals surface area contributed by atoms with Crippen molar-refractivity contribution < 1.29 is 4.52 Å². The molecule has 26 heavy (non-hydrogen) atoms. The number of aliphatic imine (C=N–C) groups is 1. The zero-order chi connectivity index (χ0) is 17.5. The van der Waals surface area contributed by atoms with E-state index in [0.717, 1.165) is 22.7 Å². The maximum absolute atomic E-state index is 5.51. The summed E-state index contributed by atoms with van der Waals surface area (Å²) in [4.78, 5) is 9.24. The summed E-state index contributed by atoms with van der Waals surface area (Å²) >= 11 is 0. The molecule has 1 aliphatic heterocycles. The summed E-state index contributed by atoms with van der Waals surface area (Å²) in [6, 6.07) is 14.5. The van der Waals surface area contributed by atoms with Crippen LogP contribution in [0.1, 0.15) is 42.7 Å². The van der Waals surface area contributed by atoms with Gasteiger partial charge in [-0.1, -0.05) is 53.9 Å². The highest BCUT2D eigenvalue weighted by molar-refractivity contribution is 5.83. The van der Waals surface area contributed by atoms with Gasteiger partial charge in [-0.2, -0.15) is 4.98 Å². The van der Waals surface area contributed by atoms with E-state index in [1.807, 2.05) is 12.1 Å². The molecule has 0 spiro atoms. The number of fused-ring (bicyclic) bond motifs is 1. The molecule has 0 amide bonds. The Hall–Kier alpha value is -2.75. The van der Waals surface area contributed by atoms with Crippen LogP contribution in [0.4, 0.5) is 5.69 Å². The lowest BCUT2D eigenvalue weighted by Crippen LogP contribution is -2.08. The van der Waals surface area contributed by atoms with Gasteiger partial charge < -0.3 is 4.52 Å². The Kier molecular flexibility index (Phi) is 3.70. The number of benzene rings is 2. The first-order chi connectivity index (χ1) is 12.8. The first-order valence-corrected chi connectivity index (χ1v) is 9.37. The predicted octanol–water partition coefficient (Wildman–Crippen LogP) is 5.70. The second kappa shape index (κ2) is 6.20. The van der Waals surface area contributed by atoms with Crippen molar-refractivity contribution in [2.45, 2.75) is 38.5 Å². The van der Waals surface area contributed by atoms with Gasteiger partial charge in [-0.05, 0) is 43.4 Å². The van der Waals surface area contributed by atoms with Crippen LogP contribution in [0.5, 0.6) is 0 Å². The van der Waals surface area contributed by atoms with Crippen LogP contribution in [0.3, 0.4) is 0 Å². The summed E-state index contributed by atoms with van der Waals surface area (Å²) in [5.74, 6) is 2.39. The number of aromatic nitrogens is 2. The Morgan fingerprint density at radius 2 is 1.73 bits per heavy atom. The highest BCUT2D eigenvalue weighted by Gasteiger charge is 2.30. The Balaban J connectivity index is 1.43. The van der Waals surface area contributed by atoms with E-state index in [1.165, 1.54) is 36.8 Å². The Morgan fingerprint density at radius 3 is 2.54 bits per heavy atom. The first-order valence-electron chi connectivity index (χ1n) is 9.37. The normalized spacial score (nSPS) is 19.2. The van der Waals surface area contributed by atoms with Crippen LogP contribution in [0, 0.1) is 12.8 Å². The molecule has 2 aromatic carbocycles. The monoisotopic (exact) mass is 343 g/mol. The molecule has 5 rings (SSSR count). The van der Waals surface area contributed by atoms with E-state index in [-0.39, 0.29) is 0 Å². The van der Waals surface area contributed by atoms with E-state index in [1.54, 1.807) is 0 Å². The number of aryl methyl sites for hydroxylation is 1. The molecule has 1 fully saturated rings. The van der Waals surface area contributed by atoms with Crippen LogP contribution >= 0.6 is 0 Å². The topological polar surface area (TPSA) is 51.3 Å². The van der Waals surface area contributed by atoms with Crippen molar-refractivity contribution in [1.29, 1.82) is 0 Å². The molecule has 0 N–H and O–H groups in total. The lowest BCUT2D eigenvalue weighted by molar-refractivity contribution is 0.432. The van der Waals surface area contributed by atoms with E-state index in [9.17, 15) is 0 Å². The Bertz CT molecular complexity index is 965. The van der Waals surface area contributed by atoms with E-state index in [4.69, 9.17) is 4.52 Å². The molecule has 2 aliphatic rings. The first kappa shape index (κ1) is 15.5. The van der Waals surface area contributed by atoms with Crippen molar-refractivity contribution in [3.05, 3.63) is 53.6 Å². The molecular weight excluding hydrogens is 322 g/mol. The van der Waals surface area contributed by atoms with Crippen LogP contribution < -0.4 is 0 Å². The van der Waals surface area contributed by atoms with Crippen molar-refractivity contribution in [1.82, 2.24) is 10.1 Å². The van der Waals surface area contributed by atoms with Crippen LogP contribution in [0.15, 0.2) is 52.0 Å². The lowest BCUT2D eigenvalue weighted by Gasteiger charge is -2.16. The van der Waals surface area contributed by atoms with Crippen LogP contribution in [0.25, 0.3) is 22.8 Å². The van der Waals surface area contributed by atoms with Gasteiger partial charge in [-0.25, -0.2) is 0 Å². The average Bonchev–Trinajstić information content (AvgIpc) is 3.41. The van der Waals surface area contributed by atoms with Gasteiger partial charge >= 0.3 is 0 Å². The van der Waals surface area contributed by atoms with Gasteiger partial charge in [0.1, 0.15) is 0 Å². The smallest absolute Gasteiger partial charge is 0.258 e. The van der Waals surface area contributed by atoms with Crippen LogP contribution in [-0.2, 0) is 0 Å². The molecule has 130 valence electrons. The molecule has 1 saturated carbocycles. The van der Waals surface area contributed by atoms with E-state index in [2.05, 4.69) is 58.6 Å². The zero-order valence-electron chi connectivity index (χ0n) is 14.9. The standard InChI is InChI=1S/C22H21N3O/c1-14-6-8-16(9-7-14)21-24-22(26-25-21)17-10-11-18-19(13-23-20(18)12-17)15-4-2-3-5-15/h6-13,15,19H,2-5H2,1H3. The van der Waals surface area contributed by atoms with Crippen LogP contribution in [0.2, 0.25) is 0 Å². The summed E-state index contributed by atoms with van der Waals surface area (Å²) in [6.07, 6.45) is 7.48. The number of nitrogens with zero attached hydrogens (tertiary/aromatic N) is 3. The molecule has 0 radical (unpaired) electrons. The van der Waals surface area contributed by atoms with Crippen molar-refractivity contribution >= 4 is 11.9 Å². The SMILES string of the molecule is Cc1ccc(-c2noc(-c3ccc4c(c3)N=CC4C3CCCC3)n2)cc1. The van der Waals surface area contributed by atoms with Gasteiger partial charge in [-0.15, -0.1) is 0 Å². The highest BCUT2D eigenvalue weighted by atomic mass is 16.5. The Labute approximate surface area is 153 Å². The molecule has 1 atom stereocenters. The van der Waals surface area contributed by atoms with Gasteiger partial charge in [0.15, 0.2) is 0 Å². The average molecular weight is 343 g/mol. The minimum absolute atomic E-state index is 0.479. The number of hydrogen-bond acceptors (Lipinski definition) is 4. The van der Waals surface area contributed by atoms with Gasteiger partial charge in [-0.3, -0.25) is 4.99 Å². The third-order valence-electron chi connectivity index (χ3n) is 5.65. The summed E-state index contributed by atoms with van der Waals surface area (Å²) in [5, 5.41) is 4.14. The van der Waals surface area contributed by atoms with E-state index >= 15 is 0 Å². The largest absolute Gasteiger partial charge is 0.334 e. The predicted molar refractivity (Wildman–Crippen MR) is 103 cm³/mol. The van der Waals surface area contributed by atoms with Crippen molar-refractivity contribution in [2.24, 2.45) is 10.9 Å². The third kappa shape index (κ3) is 2.66. The van der Waals surface area contributed by atoms with Gasteiger partial charge in [0, 0.05) is 23.3 Å². The van der Waals surface area contributed by atoms with Gasteiger partial charge in [0.05, 0.1) is 5.69 Å². The minimum atomic E-state index is 0.479. The summed E-state index contributed by atoms with van der Waals surface area (Å²) in [7, 11) is 0. The van der Waals surface area contributed by atoms with Crippen molar-refractivity contribution in [3.8, 4) is 22.8 Å². The fourth-order valence-corrected chi connectivity index (χ4v) is 4.16. The molecular formula is C22H21N3O. The fraction of sp³-hybridized carbons (Fsp3) is 0.318. The van der Waals surface area contributed by atoms with Crippen molar-refractivity contribution in [3.63, 3.8) is 0 Å². The summed E-state index contributed by atoms with van der Waals surface area (Å²) in [6.45, 7) is 2.06. The maximum atomic E-state index is 5.51. The number of rotatable bonds is 3. The summed E-state index contributed by atoms with van der Waals surface area (Å²) < 4.78 is 5.51. The third-order valence-corrected chi connectivity index (χ3v) is 5.65. The molecule has 0 bridgehead atoms. The molecule has 1 aliphatic carbocycles. The van der Waals surface area contributed by atoms with Crippen molar-refractivity contribution in [2.75, 3.05) is 0 Å². The summed E-state index contributed by atoms with van der Waals surface area (Å²) in [5.41, 5.74) is 5.50. The molecule has 1 unspecified atom stereocenters. The highest BCUT2D eigenvalue weighted by Crippen LogP contribution is 2.44. The van der Waals surface area contributed by atoms with Gasteiger partial charge in [0.2, 0.25) is 5.82 Å². The molecule has 0 saturated heterocycles. The molecule has 4 heteroatoms. The molecule has 2 heterocycles. The second-order valence-corrected chi connectivity index (χ2v) is 7.41. The zero-order valence-corrected chi connectivity index (χ0v) is 14.9. The number of hydrogen-bond donors (Lipinski definition) is 0. The molecule has 1 aromatic heterocycles. The Morgan fingerprint density at radius 1 is 0.962 bits per heavy atom. The van der Waals surface area contributed by atoms with E-state index < -0.39 is 0 Å². The maximum Gasteiger partial charge on any atom is 0.258 e. The van der Waals surface area contributed by atoms with E-state index in [0.29, 0.717) is 17.6 Å². The second-order valence-electron chi connectivity index (χ2n) is 7.41. The lowest BCUT2D eigenvalue weighted by atomic mass is 9.86. The molecule has 4 nitrogen and oxygen atoms in total. The fourth-order valence-electron chi connectivity index (χ4n) is 4.16. The quantitative estimate of drug-likeness (QED) is 0.613. The van der Waals surface area contributed by atoms with Crippen LogP contribution in [-0.4, -0.2) is 16.4 Å². The minimum Gasteiger partial charge on any atom is -0.334 e.